The van der Waals surface area contributed by atoms with Gasteiger partial charge in [0.15, 0.2) is 0 Å². The predicted octanol–water partition coefficient (Wildman–Crippen LogP) is 3.27. The number of carbonyl (C=O) groups is 2. The Morgan fingerprint density at radius 1 is 1.04 bits per heavy atom. The zero-order valence-corrected chi connectivity index (χ0v) is 15.3. The minimum Gasteiger partial charge on any atom is -0.339 e. The molecule has 6 heteroatoms. The number of thiophene rings is 1. The SMILES string of the molecule is CC(=O)N1CCN(C(=O)c2cc(-c3ccsc3)nc3ccccc23)CC1. The third kappa shape index (κ3) is 3.08. The second-order valence-corrected chi connectivity index (χ2v) is 7.16. The van der Waals surface area contributed by atoms with Gasteiger partial charge in [-0.2, -0.15) is 11.3 Å². The van der Waals surface area contributed by atoms with Crippen molar-refractivity contribution in [1.29, 1.82) is 0 Å². The molecule has 2 amide bonds. The van der Waals surface area contributed by atoms with Crippen molar-refractivity contribution in [2.75, 3.05) is 26.2 Å². The zero-order valence-electron chi connectivity index (χ0n) is 14.5. The molecule has 1 aliphatic heterocycles. The van der Waals surface area contributed by atoms with Crippen molar-refractivity contribution in [2.24, 2.45) is 0 Å². The van der Waals surface area contributed by atoms with Gasteiger partial charge in [-0.25, -0.2) is 4.98 Å². The van der Waals surface area contributed by atoms with Gasteiger partial charge in [0.05, 0.1) is 16.8 Å². The van der Waals surface area contributed by atoms with E-state index < -0.39 is 0 Å². The molecule has 3 aromatic rings. The lowest BCUT2D eigenvalue weighted by Gasteiger charge is -2.34. The van der Waals surface area contributed by atoms with Gasteiger partial charge in [-0.05, 0) is 23.6 Å². The van der Waals surface area contributed by atoms with Crippen molar-refractivity contribution in [3.8, 4) is 11.3 Å². The maximum atomic E-state index is 13.2. The van der Waals surface area contributed by atoms with Crippen LogP contribution in [-0.4, -0.2) is 52.8 Å². The Kier molecular flexibility index (Phi) is 4.42. The molecule has 0 atom stereocenters. The first-order chi connectivity index (χ1) is 12.6. The van der Waals surface area contributed by atoms with E-state index >= 15 is 0 Å². The Balaban J connectivity index is 1.71. The second kappa shape index (κ2) is 6.88. The Morgan fingerprint density at radius 2 is 1.77 bits per heavy atom. The van der Waals surface area contributed by atoms with E-state index in [0.717, 1.165) is 22.2 Å². The van der Waals surface area contributed by atoms with Gasteiger partial charge in [-0.3, -0.25) is 9.59 Å². The van der Waals surface area contributed by atoms with Gasteiger partial charge in [0.1, 0.15) is 0 Å². The highest BCUT2D eigenvalue weighted by Gasteiger charge is 2.25. The van der Waals surface area contributed by atoms with Crippen LogP contribution in [0.25, 0.3) is 22.2 Å². The normalized spacial score (nSPS) is 14.7. The smallest absolute Gasteiger partial charge is 0.254 e. The number of nitrogens with zero attached hydrogens (tertiary/aromatic N) is 3. The van der Waals surface area contributed by atoms with E-state index in [9.17, 15) is 9.59 Å². The lowest BCUT2D eigenvalue weighted by atomic mass is 10.0. The average Bonchev–Trinajstić information content (AvgIpc) is 3.21. The lowest BCUT2D eigenvalue weighted by Crippen LogP contribution is -2.50. The van der Waals surface area contributed by atoms with Gasteiger partial charge in [0.2, 0.25) is 5.91 Å². The molecule has 2 aromatic heterocycles. The van der Waals surface area contributed by atoms with Crippen LogP contribution >= 0.6 is 11.3 Å². The molecule has 0 aliphatic carbocycles. The third-order valence-corrected chi connectivity index (χ3v) is 5.46. The third-order valence-electron chi connectivity index (χ3n) is 4.78. The topological polar surface area (TPSA) is 53.5 Å². The van der Waals surface area contributed by atoms with E-state index in [-0.39, 0.29) is 11.8 Å². The molecular formula is C20H19N3O2S. The van der Waals surface area contributed by atoms with Crippen molar-refractivity contribution in [1.82, 2.24) is 14.8 Å². The molecule has 0 bridgehead atoms. The molecule has 5 nitrogen and oxygen atoms in total. The number of carbonyl (C=O) groups excluding carboxylic acids is 2. The molecule has 0 N–H and O–H groups in total. The van der Waals surface area contributed by atoms with Crippen LogP contribution in [0.15, 0.2) is 47.2 Å². The fraction of sp³-hybridized carbons (Fsp3) is 0.250. The minimum absolute atomic E-state index is 0.00304. The average molecular weight is 365 g/mol. The Labute approximate surface area is 155 Å². The van der Waals surface area contributed by atoms with E-state index in [1.165, 1.54) is 0 Å². The summed E-state index contributed by atoms with van der Waals surface area (Å²) in [6.07, 6.45) is 0. The number of piperazine rings is 1. The number of aromatic nitrogens is 1. The molecule has 1 saturated heterocycles. The van der Waals surface area contributed by atoms with E-state index in [1.807, 2.05) is 52.1 Å². The second-order valence-electron chi connectivity index (χ2n) is 6.38. The molecule has 132 valence electrons. The summed E-state index contributed by atoms with van der Waals surface area (Å²) >= 11 is 1.61. The molecule has 1 aromatic carbocycles. The largest absolute Gasteiger partial charge is 0.339 e. The quantitative estimate of drug-likeness (QED) is 0.700. The number of benzene rings is 1. The first kappa shape index (κ1) is 16.7. The molecule has 0 radical (unpaired) electrons. The minimum atomic E-state index is 0.00304. The van der Waals surface area contributed by atoms with Gasteiger partial charge in [-0.15, -0.1) is 0 Å². The monoisotopic (exact) mass is 365 g/mol. The Hall–Kier alpha value is -2.73. The highest BCUT2D eigenvalue weighted by molar-refractivity contribution is 7.08. The molecular weight excluding hydrogens is 346 g/mol. The Bertz CT molecular complexity index is 960. The molecule has 4 rings (SSSR count). The molecule has 1 fully saturated rings. The molecule has 26 heavy (non-hydrogen) atoms. The van der Waals surface area contributed by atoms with Crippen LogP contribution in [0.5, 0.6) is 0 Å². The highest BCUT2D eigenvalue weighted by atomic mass is 32.1. The first-order valence-electron chi connectivity index (χ1n) is 8.60. The summed E-state index contributed by atoms with van der Waals surface area (Å²) in [5.74, 6) is 0.0643. The number of rotatable bonds is 2. The van der Waals surface area contributed by atoms with Gasteiger partial charge >= 0.3 is 0 Å². The van der Waals surface area contributed by atoms with Gasteiger partial charge < -0.3 is 9.80 Å². The van der Waals surface area contributed by atoms with Crippen LogP contribution in [-0.2, 0) is 4.79 Å². The van der Waals surface area contributed by atoms with Crippen molar-refractivity contribution >= 4 is 34.1 Å². The summed E-state index contributed by atoms with van der Waals surface area (Å²) in [5.41, 5.74) is 3.34. The van der Waals surface area contributed by atoms with E-state index in [4.69, 9.17) is 4.98 Å². The standard InChI is InChI=1S/C20H19N3O2S/c1-14(24)22-7-9-23(10-8-22)20(25)17-12-19(15-6-11-26-13-15)21-18-5-3-2-4-16(17)18/h2-6,11-13H,7-10H2,1H3. The van der Waals surface area contributed by atoms with Crippen LogP contribution in [0.1, 0.15) is 17.3 Å². The van der Waals surface area contributed by atoms with Gasteiger partial charge in [0.25, 0.3) is 5.91 Å². The maximum Gasteiger partial charge on any atom is 0.254 e. The summed E-state index contributed by atoms with van der Waals surface area (Å²) in [7, 11) is 0. The highest BCUT2D eigenvalue weighted by Crippen LogP contribution is 2.27. The van der Waals surface area contributed by atoms with Gasteiger partial charge in [-0.1, -0.05) is 18.2 Å². The van der Waals surface area contributed by atoms with Crippen LogP contribution in [0.2, 0.25) is 0 Å². The van der Waals surface area contributed by atoms with Crippen molar-refractivity contribution in [3.05, 3.63) is 52.7 Å². The van der Waals surface area contributed by atoms with Crippen molar-refractivity contribution < 1.29 is 9.59 Å². The first-order valence-corrected chi connectivity index (χ1v) is 9.55. The number of pyridine rings is 1. The molecule has 0 spiro atoms. The van der Waals surface area contributed by atoms with E-state index in [1.54, 1.807) is 23.2 Å². The van der Waals surface area contributed by atoms with E-state index in [2.05, 4.69) is 0 Å². The van der Waals surface area contributed by atoms with E-state index in [0.29, 0.717) is 31.7 Å². The number of amides is 2. The van der Waals surface area contributed by atoms with Crippen LogP contribution in [0.3, 0.4) is 0 Å². The number of hydrogen-bond acceptors (Lipinski definition) is 4. The summed E-state index contributed by atoms with van der Waals surface area (Å²) < 4.78 is 0. The molecule has 0 unspecified atom stereocenters. The number of hydrogen-bond donors (Lipinski definition) is 0. The summed E-state index contributed by atoms with van der Waals surface area (Å²) in [6.45, 7) is 3.86. The van der Waals surface area contributed by atoms with Gasteiger partial charge in [0, 0.05) is 49.4 Å². The fourth-order valence-corrected chi connectivity index (χ4v) is 3.95. The van der Waals surface area contributed by atoms with Crippen molar-refractivity contribution in [2.45, 2.75) is 6.92 Å². The lowest BCUT2D eigenvalue weighted by molar-refractivity contribution is -0.130. The van der Waals surface area contributed by atoms with Crippen LogP contribution in [0, 0.1) is 0 Å². The summed E-state index contributed by atoms with van der Waals surface area (Å²) in [5, 5.41) is 4.91. The summed E-state index contributed by atoms with van der Waals surface area (Å²) in [6, 6.07) is 11.7. The summed E-state index contributed by atoms with van der Waals surface area (Å²) in [4.78, 5) is 33.1. The predicted molar refractivity (Wildman–Crippen MR) is 103 cm³/mol. The maximum absolute atomic E-state index is 13.2. The Morgan fingerprint density at radius 3 is 2.46 bits per heavy atom. The fourth-order valence-electron chi connectivity index (χ4n) is 3.31. The number of para-hydroxylation sites is 1. The molecule has 0 saturated carbocycles. The molecule has 1 aliphatic rings. The van der Waals surface area contributed by atoms with Crippen LogP contribution in [0.4, 0.5) is 0 Å². The zero-order chi connectivity index (χ0) is 18.1. The molecule has 3 heterocycles. The van der Waals surface area contributed by atoms with Crippen molar-refractivity contribution in [3.63, 3.8) is 0 Å². The van der Waals surface area contributed by atoms with Crippen LogP contribution < -0.4 is 0 Å². The number of fused-ring (bicyclic) bond motifs is 1.